The van der Waals surface area contributed by atoms with E-state index in [1.54, 1.807) is 0 Å². The van der Waals surface area contributed by atoms with Crippen LogP contribution in [0.15, 0.2) is 0 Å². The van der Waals surface area contributed by atoms with Crippen LogP contribution in [0.1, 0.15) is 84.5 Å². The van der Waals surface area contributed by atoms with Gasteiger partial charge >= 0.3 is 0 Å². The molecular weight excluding hydrogens is 244 g/mol. The van der Waals surface area contributed by atoms with E-state index in [0.29, 0.717) is 11.8 Å². The second-order valence-corrected chi connectivity index (χ2v) is 7.78. The quantitative estimate of drug-likeness (QED) is 0.455. The van der Waals surface area contributed by atoms with Crippen LogP contribution in [0.2, 0.25) is 0 Å². The van der Waals surface area contributed by atoms with Crippen molar-refractivity contribution < 1.29 is 4.79 Å². The van der Waals surface area contributed by atoms with Crippen molar-refractivity contribution >= 4 is 6.29 Å². The predicted molar refractivity (Wildman–Crippen MR) is 85.6 cm³/mol. The molecule has 0 aromatic heterocycles. The number of unbranched alkanes of at least 4 members (excludes halogenated alkanes) is 1. The maximum absolute atomic E-state index is 11.1. The van der Waals surface area contributed by atoms with Crippen molar-refractivity contribution in [1.82, 2.24) is 0 Å². The van der Waals surface area contributed by atoms with Gasteiger partial charge in [0, 0.05) is 5.92 Å². The maximum Gasteiger partial charge on any atom is 0.123 e. The fraction of sp³-hybridized carbons (Fsp3) is 0.947. The van der Waals surface area contributed by atoms with Crippen LogP contribution in [0, 0.1) is 29.6 Å². The van der Waals surface area contributed by atoms with Crippen molar-refractivity contribution in [2.45, 2.75) is 84.5 Å². The molecule has 0 spiro atoms. The van der Waals surface area contributed by atoms with E-state index in [-0.39, 0.29) is 0 Å². The first-order chi connectivity index (χ1) is 9.70. The van der Waals surface area contributed by atoms with Crippen LogP contribution >= 0.6 is 0 Å². The lowest BCUT2D eigenvalue weighted by Gasteiger charge is -2.33. The average Bonchev–Trinajstić information content (AvgIpc) is 2.46. The Kier molecular flexibility index (Phi) is 6.58. The summed E-state index contributed by atoms with van der Waals surface area (Å²) >= 11 is 0. The lowest BCUT2D eigenvalue weighted by atomic mass is 9.73. The van der Waals surface area contributed by atoms with Crippen LogP contribution in [-0.2, 0) is 4.79 Å². The van der Waals surface area contributed by atoms with Gasteiger partial charge in [0.1, 0.15) is 6.29 Å². The van der Waals surface area contributed by atoms with Crippen molar-refractivity contribution in [1.29, 1.82) is 0 Å². The molecule has 20 heavy (non-hydrogen) atoms. The third-order valence-corrected chi connectivity index (χ3v) is 6.15. The standard InChI is InChI=1S/C19H34O/c1-15-11-12-17(16(2)13-15)7-3-4-8-18-9-5-6-10-19(18)14-20/h14-19H,3-13H2,1-2H3. The first kappa shape index (κ1) is 16.0. The molecule has 5 atom stereocenters. The van der Waals surface area contributed by atoms with Crippen LogP contribution in [0.25, 0.3) is 0 Å². The van der Waals surface area contributed by atoms with E-state index in [4.69, 9.17) is 0 Å². The van der Waals surface area contributed by atoms with Crippen molar-refractivity contribution in [3.05, 3.63) is 0 Å². The van der Waals surface area contributed by atoms with E-state index < -0.39 is 0 Å². The van der Waals surface area contributed by atoms with Crippen LogP contribution in [0.3, 0.4) is 0 Å². The number of rotatable bonds is 6. The first-order valence-corrected chi connectivity index (χ1v) is 9.16. The summed E-state index contributed by atoms with van der Waals surface area (Å²) in [5.74, 6) is 3.98. The minimum absolute atomic E-state index is 0.387. The molecule has 1 nitrogen and oxygen atoms in total. The molecule has 2 rings (SSSR count). The molecule has 0 heterocycles. The Hall–Kier alpha value is -0.330. The smallest absolute Gasteiger partial charge is 0.123 e. The van der Waals surface area contributed by atoms with Gasteiger partial charge in [0.2, 0.25) is 0 Å². The minimum atomic E-state index is 0.387. The number of carbonyl (C=O) groups excluding carboxylic acids is 1. The molecule has 0 bridgehead atoms. The maximum atomic E-state index is 11.1. The number of aldehydes is 1. The molecule has 2 saturated carbocycles. The Bertz CT molecular complexity index is 285. The highest BCUT2D eigenvalue weighted by atomic mass is 16.1. The Morgan fingerprint density at radius 2 is 1.60 bits per heavy atom. The van der Waals surface area contributed by atoms with Crippen molar-refractivity contribution in [3.8, 4) is 0 Å². The summed E-state index contributed by atoms with van der Waals surface area (Å²) < 4.78 is 0. The van der Waals surface area contributed by atoms with E-state index in [0.717, 1.165) is 24.2 Å². The largest absolute Gasteiger partial charge is 0.303 e. The van der Waals surface area contributed by atoms with E-state index in [1.165, 1.54) is 70.5 Å². The lowest BCUT2D eigenvalue weighted by Crippen LogP contribution is -2.22. The van der Waals surface area contributed by atoms with Gasteiger partial charge in [-0.3, -0.25) is 0 Å². The van der Waals surface area contributed by atoms with E-state index in [2.05, 4.69) is 13.8 Å². The van der Waals surface area contributed by atoms with Crippen molar-refractivity contribution in [2.75, 3.05) is 0 Å². The third kappa shape index (κ3) is 4.60. The first-order valence-electron chi connectivity index (χ1n) is 9.16. The normalized spacial score (nSPS) is 38.6. The molecule has 2 aliphatic carbocycles. The van der Waals surface area contributed by atoms with E-state index >= 15 is 0 Å². The number of hydrogen-bond acceptors (Lipinski definition) is 1. The Morgan fingerprint density at radius 1 is 0.900 bits per heavy atom. The van der Waals surface area contributed by atoms with Gasteiger partial charge in [0.25, 0.3) is 0 Å². The Labute approximate surface area is 125 Å². The second kappa shape index (κ2) is 8.20. The molecule has 0 saturated heterocycles. The Morgan fingerprint density at radius 3 is 2.30 bits per heavy atom. The predicted octanol–water partition coefficient (Wildman–Crippen LogP) is 5.62. The third-order valence-electron chi connectivity index (χ3n) is 6.15. The summed E-state index contributed by atoms with van der Waals surface area (Å²) in [6.45, 7) is 4.87. The van der Waals surface area contributed by atoms with Gasteiger partial charge < -0.3 is 4.79 Å². The van der Waals surface area contributed by atoms with Crippen LogP contribution in [-0.4, -0.2) is 6.29 Å². The highest BCUT2D eigenvalue weighted by molar-refractivity contribution is 5.54. The minimum Gasteiger partial charge on any atom is -0.303 e. The summed E-state index contributed by atoms with van der Waals surface area (Å²) in [5, 5.41) is 0. The molecule has 0 aromatic carbocycles. The molecule has 116 valence electrons. The van der Waals surface area contributed by atoms with E-state index in [1.807, 2.05) is 0 Å². The van der Waals surface area contributed by atoms with Crippen molar-refractivity contribution in [2.24, 2.45) is 29.6 Å². The van der Waals surface area contributed by atoms with E-state index in [9.17, 15) is 4.79 Å². The zero-order chi connectivity index (χ0) is 14.4. The molecule has 0 radical (unpaired) electrons. The summed E-state index contributed by atoms with van der Waals surface area (Å²) in [6, 6.07) is 0. The molecule has 5 unspecified atom stereocenters. The number of hydrogen-bond donors (Lipinski definition) is 0. The van der Waals surface area contributed by atoms with Gasteiger partial charge in [-0.1, -0.05) is 52.4 Å². The van der Waals surface area contributed by atoms with Gasteiger partial charge in [0.15, 0.2) is 0 Å². The van der Waals surface area contributed by atoms with Crippen LogP contribution in [0.5, 0.6) is 0 Å². The molecule has 1 heteroatoms. The zero-order valence-electron chi connectivity index (χ0n) is 13.7. The van der Waals surface area contributed by atoms with Gasteiger partial charge in [-0.15, -0.1) is 0 Å². The molecule has 2 aliphatic rings. The van der Waals surface area contributed by atoms with Gasteiger partial charge in [0.05, 0.1) is 0 Å². The summed E-state index contributed by atoms with van der Waals surface area (Å²) in [6.07, 6.45) is 16.2. The second-order valence-electron chi connectivity index (χ2n) is 7.78. The van der Waals surface area contributed by atoms with Crippen LogP contribution in [0.4, 0.5) is 0 Å². The SMILES string of the molecule is CC1CCC(CCCCC2CCCCC2C=O)C(C)C1. The lowest BCUT2D eigenvalue weighted by molar-refractivity contribution is -0.113. The monoisotopic (exact) mass is 278 g/mol. The topological polar surface area (TPSA) is 17.1 Å². The van der Waals surface area contributed by atoms with Gasteiger partial charge in [-0.05, 0) is 55.8 Å². The zero-order valence-corrected chi connectivity index (χ0v) is 13.7. The van der Waals surface area contributed by atoms with Gasteiger partial charge in [-0.25, -0.2) is 0 Å². The summed E-state index contributed by atoms with van der Waals surface area (Å²) in [7, 11) is 0. The molecular formula is C19H34O. The highest BCUT2D eigenvalue weighted by Crippen LogP contribution is 2.37. The molecule has 0 aromatic rings. The highest BCUT2D eigenvalue weighted by Gasteiger charge is 2.26. The summed E-state index contributed by atoms with van der Waals surface area (Å²) in [4.78, 5) is 11.1. The van der Waals surface area contributed by atoms with Crippen LogP contribution < -0.4 is 0 Å². The Balaban J connectivity index is 1.62. The van der Waals surface area contributed by atoms with Gasteiger partial charge in [-0.2, -0.15) is 0 Å². The fourth-order valence-corrected chi connectivity index (χ4v) is 4.74. The number of carbonyl (C=O) groups is 1. The average molecular weight is 278 g/mol. The van der Waals surface area contributed by atoms with Crippen molar-refractivity contribution in [3.63, 3.8) is 0 Å². The summed E-state index contributed by atoms with van der Waals surface area (Å²) in [5.41, 5.74) is 0. The molecule has 0 N–H and O–H groups in total. The fourth-order valence-electron chi connectivity index (χ4n) is 4.74. The molecule has 0 aliphatic heterocycles. The molecule has 0 amide bonds. The molecule has 2 fully saturated rings.